The number of likely N-dealkylation sites (N-methyl/N-ethyl adjacent to an activating group) is 2. The van der Waals surface area contributed by atoms with E-state index in [1.807, 2.05) is 0 Å². The third-order valence-corrected chi connectivity index (χ3v) is 3.85. The van der Waals surface area contributed by atoms with Crippen LogP contribution in [0.15, 0.2) is 0 Å². The maximum absolute atomic E-state index is 12.1. The normalized spacial score (nSPS) is 27.6. The quantitative estimate of drug-likeness (QED) is 0.320. The molecule has 0 fully saturated rings. The van der Waals surface area contributed by atoms with E-state index in [1.54, 1.807) is 0 Å². The van der Waals surface area contributed by atoms with Gasteiger partial charge in [0.2, 0.25) is 6.54 Å². The second kappa shape index (κ2) is 3.83. The van der Waals surface area contributed by atoms with Crippen molar-refractivity contribution in [3.63, 3.8) is 0 Å². The van der Waals surface area contributed by atoms with Crippen LogP contribution in [0, 0.1) is 0 Å². The van der Waals surface area contributed by atoms with Crippen LogP contribution in [0.1, 0.15) is 0 Å². The van der Waals surface area contributed by atoms with E-state index in [-0.39, 0.29) is 11.8 Å². The van der Waals surface area contributed by atoms with Crippen molar-refractivity contribution in [1.82, 2.24) is 0 Å². The number of hydroxylamine groups is 3. The van der Waals surface area contributed by atoms with Crippen molar-refractivity contribution < 1.29 is 35.1 Å². The Labute approximate surface area is 95.3 Å². The molecule has 0 bridgehead atoms. The Morgan fingerprint density at radius 2 is 2.00 bits per heavy atom. The maximum Gasteiger partial charge on any atom is 0.528 e. The Kier molecular flexibility index (Phi) is 3.27. The molecular formula is C6H10ClF3N2O3S+2. The highest BCUT2D eigenvalue weighted by Gasteiger charge is 2.57. The Balaban J connectivity index is 3.01. The molecule has 1 aliphatic heterocycles. The monoisotopic (exact) mass is 282 g/mol. The molecule has 1 atom stereocenters. The van der Waals surface area contributed by atoms with Gasteiger partial charge in [-0.15, -0.1) is 0 Å². The summed E-state index contributed by atoms with van der Waals surface area (Å²) in [6.45, 7) is 0.327. The van der Waals surface area contributed by atoms with E-state index in [1.165, 1.54) is 11.6 Å². The number of amidine groups is 1. The van der Waals surface area contributed by atoms with Gasteiger partial charge in [-0.3, -0.25) is 0 Å². The highest BCUT2D eigenvalue weighted by atomic mass is 35.5. The minimum Gasteiger partial charge on any atom is -0.185 e. The average molecular weight is 283 g/mol. The van der Waals surface area contributed by atoms with Crippen molar-refractivity contribution >= 4 is 27.0 Å². The smallest absolute Gasteiger partial charge is 0.185 e. The van der Waals surface area contributed by atoms with E-state index >= 15 is 0 Å². The molecule has 16 heavy (non-hydrogen) atoms. The van der Waals surface area contributed by atoms with Crippen LogP contribution in [0.5, 0.6) is 0 Å². The van der Waals surface area contributed by atoms with E-state index in [9.17, 15) is 21.6 Å². The summed E-state index contributed by atoms with van der Waals surface area (Å²) in [6, 6.07) is 0. The first kappa shape index (κ1) is 13.7. The predicted molar refractivity (Wildman–Crippen MR) is 49.0 cm³/mol. The van der Waals surface area contributed by atoms with Crippen LogP contribution in [0.4, 0.5) is 13.2 Å². The summed E-state index contributed by atoms with van der Waals surface area (Å²) in [5.74, 6) is 0. The summed E-state index contributed by atoms with van der Waals surface area (Å²) in [6.07, 6.45) is 0. The Hall–Kier alpha value is -0.380. The fourth-order valence-corrected chi connectivity index (χ4v) is 2.12. The predicted octanol–water partition coefficient (Wildman–Crippen LogP) is 0.465. The molecule has 94 valence electrons. The molecule has 0 aliphatic carbocycles. The molecule has 10 heteroatoms. The lowest BCUT2D eigenvalue weighted by atomic mass is 10.6. The third kappa shape index (κ3) is 2.31. The van der Waals surface area contributed by atoms with Gasteiger partial charge >= 0.3 is 20.9 Å². The summed E-state index contributed by atoms with van der Waals surface area (Å²) < 4.78 is 62.5. The van der Waals surface area contributed by atoms with Crippen molar-refractivity contribution in [1.29, 1.82) is 0 Å². The largest absolute Gasteiger partial charge is 0.528 e. The van der Waals surface area contributed by atoms with Gasteiger partial charge in [0.25, 0.3) is 0 Å². The number of rotatable bonds is 2. The summed E-state index contributed by atoms with van der Waals surface area (Å²) >= 11 is 5.68. The molecule has 1 aliphatic rings. The molecule has 0 aromatic rings. The first-order chi connectivity index (χ1) is 7.00. The van der Waals surface area contributed by atoms with Crippen LogP contribution in [0.25, 0.3) is 0 Å². The van der Waals surface area contributed by atoms with E-state index < -0.39 is 20.3 Å². The van der Waals surface area contributed by atoms with Gasteiger partial charge in [0.1, 0.15) is 14.1 Å². The van der Waals surface area contributed by atoms with Crippen LogP contribution in [-0.2, 0) is 14.4 Å². The molecule has 0 radical (unpaired) electrons. The summed E-state index contributed by atoms with van der Waals surface area (Å²) in [7, 11) is -2.98. The topological polar surface area (TPSA) is 46.4 Å². The molecule has 5 nitrogen and oxygen atoms in total. The molecule has 1 rings (SSSR count). The lowest BCUT2D eigenvalue weighted by Crippen LogP contribution is -2.49. The molecule has 0 saturated heterocycles. The zero-order chi connectivity index (χ0) is 12.8. The van der Waals surface area contributed by atoms with Crippen molar-refractivity contribution in [3.05, 3.63) is 0 Å². The van der Waals surface area contributed by atoms with Crippen LogP contribution in [-0.4, -0.2) is 55.6 Å². The standard InChI is InChI=1S/C6H10ClF3N2O3S/c1-11-3-4-12(2,5(11)7)15-16(13,14)6(8,9)10/h3-4H2,1-2H3/q+2. The van der Waals surface area contributed by atoms with Gasteiger partial charge in [-0.2, -0.15) is 26.2 Å². The fraction of sp³-hybridized carbons (Fsp3) is 0.833. The number of hydrogen-bond donors (Lipinski definition) is 0. The highest BCUT2D eigenvalue weighted by molar-refractivity contribution is 7.87. The Morgan fingerprint density at radius 3 is 2.31 bits per heavy atom. The van der Waals surface area contributed by atoms with Gasteiger partial charge < -0.3 is 0 Å². The molecular weight excluding hydrogens is 273 g/mol. The first-order valence-corrected chi connectivity index (χ1v) is 5.90. The van der Waals surface area contributed by atoms with Gasteiger partial charge in [0, 0.05) is 0 Å². The molecule has 1 unspecified atom stereocenters. The summed E-state index contributed by atoms with van der Waals surface area (Å²) in [5.41, 5.74) is -5.45. The zero-order valence-corrected chi connectivity index (χ0v) is 10.0. The van der Waals surface area contributed by atoms with Crippen molar-refractivity contribution in [2.75, 3.05) is 27.2 Å². The fourth-order valence-electron chi connectivity index (χ4n) is 1.21. The minimum atomic E-state index is -5.66. The SMILES string of the molecule is C[N+]1=C(Cl)[N+](C)(OS(=O)(=O)C(F)(F)F)CC1. The van der Waals surface area contributed by atoms with Crippen molar-refractivity contribution in [2.24, 2.45) is 0 Å². The molecule has 1 heterocycles. The van der Waals surface area contributed by atoms with Crippen LogP contribution >= 0.6 is 11.6 Å². The number of quaternary nitrogens is 1. The third-order valence-electron chi connectivity index (χ3n) is 2.11. The highest BCUT2D eigenvalue weighted by Crippen LogP contribution is 2.29. The molecule has 0 N–H and O–H groups in total. The number of nitrogens with zero attached hydrogens (tertiary/aromatic N) is 2. The summed E-state index contributed by atoms with van der Waals surface area (Å²) in [5, 5.41) is -0.118. The lowest BCUT2D eigenvalue weighted by molar-refractivity contribution is -0.985. The van der Waals surface area contributed by atoms with Gasteiger partial charge in [0.05, 0.1) is 11.6 Å². The Morgan fingerprint density at radius 1 is 1.50 bits per heavy atom. The lowest BCUT2D eigenvalue weighted by Gasteiger charge is -2.19. The zero-order valence-electron chi connectivity index (χ0n) is 8.45. The molecule has 0 aromatic heterocycles. The van der Waals surface area contributed by atoms with E-state index in [0.717, 1.165) is 7.05 Å². The number of hydrogen-bond acceptors (Lipinski definition) is 3. The van der Waals surface area contributed by atoms with Gasteiger partial charge in [-0.25, -0.2) is 0 Å². The second-order valence-corrected chi connectivity index (χ2v) is 5.35. The van der Waals surface area contributed by atoms with Crippen LogP contribution in [0.3, 0.4) is 0 Å². The summed E-state index contributed by atoms with van der Waals surface area (Å²) in [4.78, 5) is 0. The first-order valence-electron chi connectivity index (χ1n) is 4.12. The van der Waals surface area contributed by atoms with E-state index in [4.69, 9.17) is 11.6 Å². The second-order valence-electron chi connectivity index (χ2n) is 3.49. The molecule has 0 saturated carbocycles. The van der Waals surface area contributed by atoms with Crippen molar-refractivity contribution in [3.8, 4) is 0 Å². The van der Waals surface area contributed by atoms with Gasteiger partial charge in [-0.1, -0.05) is 8.93 Å². The van der Waals surface area contributed by atoms with Crippen LogP contribution < -0.4 is 0 Å². The molecule has 0 spiro atoms. The Bertz CT molecular complexity index is 433. The molecule has 0 amide bonds. The van der Waals surface area contributed by atoms with E-state index in [0.29, 0.717) is 6.54 Å². The van der Waals surface area contributed by atoms with Gasteiger partial charge in [-0.05, 0) is 0 Å². The number of alkyl halides is 3. The van der Waals surface area contributed by atoms with Crippen molar-refractivity contribution in [2.45, 2.75) is 5.51 Å². The minimum absolute atomic E-state index is 0.0185. The number of halogens is 4. The van der Waals surface area contributed by atoms with E-state index in [2.05, 4.69) is 4.28 Å². The maximum atomic E-state index is 12.1. The van der Waals surface area contributed by atoms with Gasteiger partial charge in [0.15, 0.2) is 6.54 Å². The molecule has 0 aromatic carbocycles. The average Bonchev–Trinajstić information content (AvgIpc) is 2.31. The van der Waals surface area contributed by atoms with Crippen LogP contribution in [0.2, 0.25) is 0 Å².